The average Bonchev–Trinajstić information content (AvgIpc) is 2.67. The second-order valence-corrected chi connectivity index (χ2v) is 4.83. The highest BCUT2D eigenvalue weighted by Crippen LogP contribution is 2.26. The molecule has 1 saturated heterocycles. The molecule has 2 heterocycles. The van der Waals surface area contributed by atoms with E-state index in [0.29, 0.717) is 6.04 Å². The number of fused-ring (bicyclic) bond motifs is 1. The van der Waals surface area contributed by atoms with E-state index >= 15 is 0 Å². The number of hydrogen-bond donors (Lipinski definition) is 1. The number of rotatable bonds is 1. The third kappa shape index (κ3) is 2.24. The summed E-state index contributed by atoms with van der Waals surface area (Å²) >= 11 is 0. The third-order valence-corrected chi connectivity index (χ3v) is 3.49. The Hall–Kier alpha value is -1.45. The largest absolute Gasteiger partial charge is 0.380 e. The quantitative estimate of drug-likeness (QED) is 0.834. The van der Waals surface area contributed by atoms with Gasteiger partial charge in [-0.2, -0.15) is 0 Å². The van der Waals surface area contributed by atoms with E-state index in [0.717, 1.165) is 31.7 Å². The first-order valence-electron chi connectivity index (χ1n) is 6.51. The van der Waals surface area contributed by atoms with Crippen LogP contribution in [0.25, 0.3) is 10.9 Å². The zero-order valence-corrected chi connectivity index (χ0v) is 10.6. The van der Waals surface area contributed by atoms with Crippen LogP contribution >= 0.6 is 0 Å². The Labute approximate surface area is 107 Å². The van der Waals surface area contributed by atoms with Crippen molar-refractivity contribution in [1.29, 1.82) is 0 Å². The fourth-order valence-electron chi connectivity index (χ4n) is 2.56. The van der Waals surface area contributed by atoms with E-state index in [1.165, 1.54) is 16.5 Å². The second kappa shape index (κ2) is 5.04. The maximum absolute atomic E-state index is 5.50. The Balaban J connectivity index is 2.06. The van der Waals surface area contributed by atoms with Crippen molar-refractivity contribution in [3.05, 3.63) is 41.6 Å². The number of aromatic nitrogens is 1. The topological polar surface area (TPSA) is 34.1 Å². The van der Waals surface area contributed by atoms with Crippen molar-refractivity contribution in [2.75, 3.05) is 19.8 Å². The second-order valence-electron chi connectivity index (χ2n) is 4.83. The van der Waals surface area contributed by atoms with Gasteiger partial charge in [-0.15, -0.1) is 0 Å². The summed E-state index contributed by atoms with van der Waals surface area (Å²) in [6.45, 7) is 4.67. The molecule has 94 valence electrons. The predicted octanol–water partition coefficient (Wildman–Crippen LogP) is 2.59. The van der Waals surface area contributed by atoms with E-state index < -0.39 is 0 Å². The predicted molar refractivity (Wildman–Crippen MR) is 72.7 cm³/mol. The van der Waals surface area contributed by atoms with Gasteiger partial charge >= 0.3 is 0 Å². The van der Waals surface area contributed by atoms with Crippen LogP contribution in [0.5, 0.6) is 0 Å². The number of nitrogens with one attached hydrogen (secondary N) is 1. The van der Waals surface area contributed by atoms with Crippen molar-refractivity contribution < 1.29 is 4.74 Å². The Morgan fingerprint density at radius 2 is 2.22 bits per heavy atom. The number of nitrogens with zero attached hydrogens (tertiary/aromatic N) is 1. The van der Waals surface area contributed by atoms with Crippen LogP contribution < -0.4 is 5.32 Å². The van der Waals surface area contributed by atoms with Gasteiger partial charge in [-0.05, 0) is 37.1 Å². The lowest BCUT2D eigenvalue weighted by molar-refractivity contribution is 0.150. The lowest BCUT2D eigenvalue weighted by Crippen LogP contribution is -2.22. The zero-order valence-electron chi connectivity index (χ0n) is 10.6. The Kier molecular flexibility index (Phi) is 3.26. The molecule has 1 N–H and O–H groups in total. The summed E-state index contributed by atoms with van der Waals surface area (Å²) in [5, 5.41) is 4.82. The summed E-state index contributed by atoms with van der Waals surface area (Å²) in [7, 11) is 0. The molecular formula is C15H18N2O. The molecule has 1 aromatic carbocycles. The minimum absolute atomic E-state index is 0.375. The molecule has 0 aliphatic carbocycles. The van der Waals surface area contributed by atoms with Gasteiger partial charge in [0.2, 0.25) is 0 Å². The normalized spacial score (nSPS) is 20.8. The van der Waals surface area contributed by atoms with Gasteiger partial charge in [0.1, 0.15) is 0 Å². The van der Waals surface area contributed by atoms with Gasteiger partial charge in [0, 0.05) is 30.8 Å². The van der Waals surface area contributed by atoms with Gasteiger partial charge in [0.15, 0.2) is 0 Å². The van der Waals surface area contributed by atoms with E-state index in [1.807, 2.05) is 6.20 Å². The van der Waals surface area contributed by atoms with Crippen molar-refractivity contribution in [2.45, 2.75) is 19.4 Å². The maximum Gasteiger partial charge on any atom is 0.0705 e. The van der Waals surface area contributed by atoms with E-state index in [4.69, 9.17) is 4.74 Å². The average molecular weight is 242 g/mol. The number of pyridine rings is 1. The van der Waals surface area contributed by atoms with Gasteiger partial charge in [-0.1, -0.05) is 11.6 Å². The Morgan fingerprint density at radius 3 is 3.17 bits per heavy atom. The summed E-state index contributed by atoms with van der Waals surface area (Å²) in [6, 6.07) is 8.94. The minimum atomic E-state index is 0.375. The zero-order chi connectivity index (χ0) is 12.4. The summed E-state index contributed by atoms with van der Waals surface area (Å²) in [6.07, 6.45) is 2.92. The number of aryl methyl sites for hydroxylation is 1. The van der Waals surface area contributed by atoms with E-state index in [9.17, 15) is 0 Å². The molecule has 1 aliphatic rings. The SMILES string of the molecule is Cc1ccc2nccc(C3CCOCCN3)c2c1. The van der Waals surface area contributed by atoms with Crippen LogP contribution in [-0.4, -0.2) is 24.7 Å². The number of hydrogen-bond acceptors (Lipinski definition) is 3. The molecule has 1 fully saturated rings. The molecule has 0 bridgehead atoms. The van der Waals surface area contributed by atoms with Crippen molar-refractivity contribution >= 4 is 10.9 Å². The van der Waals surface area contributed by atoms with Crippen LogP contribution in [0.4, 0.5) is 0 Å². The molecule has 3 nitrogen and oxygen atoms in total. The van der Waals surface area contributed by atoms with Gasteiger partial charge in [0.25, 0.3) is 0 Å². The fraction of sp³-hybridized carbons (Fsp3) is 0.400. The van der Waals surface area contributed by atoms with E-state index in [-0.39, 0.29) is 0 Å². The highest BCUT2D eigenvalue weighted by atomic mass is 16.5. The van der Waals surface area contributed by atoms with Crippen LogP contribution in [0.15, 0.2) is 30.5 Å². The van der Waals surface area contributed by atoms with Crippen molar-refractivity contribution in [3.8, 4) is 0 Å². The third-order valence-electron chi connectivity index (χ3n) is 3.49. The Bertz CT molecular complexity index is 545. The molecule has 0 radical (unpaired) electrons. The molecule has 1 aromatic heterocycles. The molecule has 1 atom stereocenters. The minimum Gasteiger partial charge on any atom is -0.380 e. The smallest absolute Gasteiger partial charge is 0.0705 e. The molecular weight excluding hydrogens is 224 g/mol. The van der Waals surface area contributed by atoms with E-state index in [1.54, 1.807) is 0 Å². The fourth-order valence-corrected chi connectivity index (χ4v) is 2.56. The van der Waals surface area contributed by atoms with Gasteiger partial charge in [0.05, 0.1) is 12.1 Å². The lowest BCUT2D eigenvalue weighted by atomic mass is 9.99. The van der Waals surface area contributed by atoms with Crippen LogP contribution in [0, 0.1) is 6.92 Å². The monoisotopic (exact) mass is 242 g/mol. The molecule has 0 spiro atoms. The van der Waals surface area contributed by atoms with Crippen LogP contribution in [0.1, 0.15) is 23.6 Å². The molecule has 1 unspecified atom stereocenters. The molecule has 2 aromatic rings. The number of benzene rings is 1. The first-order valence-corrected chi connectivity index (χ1v) is 6.51. The Morgan fingerprint density at radius 1 is 1.28 bits per heavy atom. The van der Waals surface area contributed by atoms with Crippen LogP contribution in [-0.2, 0) is 4.74 Å². The van der Waals surface area contributed by atoms with Crippen LogP contribution in [0.3, 0.4) is 0 Å². The number of ether oxygens (including phenoxy) is 1. The maximum atomic E-state index is 5.50. The summed E-state index contributed by atoms with van der Waals surface area (Å²) in [5.74, 6) is 0. The molecule has 0 amide bonds. The summed E-state index contributed by atoms with van der Waals surface area (Å²) in [5.41, 5.74) is 3.70. The van der Waals surface area contributed by atoms with Crippen molar-refractivity contribution in [2.24, 2.45) is 0 Å². The molecule has 3 heteroatoms. The summed E-state index contributed by atoms with van der Waals surface area (Å²) in [4.78, 5) is 4.44. The highest BCUT2D eigenvalue weighted by Gasteiger charge is 2.16. The first kappa shape index (κ1) is 11.6. The van der Waals surface area contributed by atoms with E-state index in [2.05, 4.69) is 41.5 Å². The van der Waals surface area contributed by atoms with Crippen molar-refractivity contribution in [1.82, 2.24) is 10.3 Å². The van der Waals surface area contributed by atoms with Gasteiger partial charge in [-0.3, -0.25) is 4.98 Å². The molecule has 18 heavy (non-hydrogen) atoms. The van der Waals surface area contributed by atoms with Gasteiger partial charge in [-0.25, -0.2) is 0 Å². The molecule has 3 rings (SSSR count). The molecule has 1 aliphatic heterocycles. The molecule has 0 saturated carbocycles. The van der Waals surface area contributed by atoms with Crippen molar-refractivity contribution in [3.63, 3.8) is 0 Å². The van der Waals surface area contributed by atoms with Crippen LogP contribution in [0.2, 0.25) is 0 Å². The first-order chi connectivity index (χ1) is 8.84. The summed E-state index contributed by atoms with van der Waals surface area (Å²) < 4.78 is 5.50. The lowest BCUT2D eigenvalue weighted by Gasteiger charge is -2.17. The van der Waals surface area contributed by atoms with Gasteiger partial charge < -0.3 is 10.1 Å². The highest BCUT2D eigenvalue weighted by molar-refractivity contribution is 5.83. The standard InChI is InChI=1S/C15H18N2O/c1-11-2-3-14-13(10-11)12(4-6-16-14)15-5-8-18-9-7-17-15/h2-4,6,10,15,17H,5,7-9H2,1H3.